The largest absolute Gasteiger partial charge is 0.274 e. The van der Waals surface area contributed by atoms with Gasteiger partial charge in [-0.05, 0) is 30.4 Å². The summed E-state index contributed by atoms with van der Waals surface area (Å²) in [4.78, 5) is 14.6. The molecule has 0 saturated heterocycles. The number of aromatic nitrogens is 1. The van der Waals surface area contributed by atoms with E-state index in [1.165, 1.54) is 37.0 Å². The van der Waals surface area contributed by atoms with Crippen LogP contribution in [0.1, 0.15) is 30.7 Å². The Morgan fingerprint density at radius 1 is 1.25 bits per heavy atom. The van der Waals surface area contributed by atoms with Gasteiger partial charge in [0.05, 0.1) is 16.7 Å². The van der Waals surface area contributed by atoms with Crippen molar-refractivity contribution in [3.05, 3.63) is 57.2 Å². The molecule has 0 atom stereocenters. The topological polar surface area (TPSA) is 56.0 Å². The molecule has 1 aliphatic carbocycles. The van der Waals surface area contributed by atoms with Crippen molar-refractivity contribution >= 4 is 17.3 Å². The first-order valence-corrected chi connectivity index (χ1v) is 6.93. The maximum atomic E-state index is 10.9. The third kappa shape index (κ3) is 2.51. The van der Waals surface area contributed by atoms with E-state index in [9.17, 15) is 10.1 Å². The van der Waals surface area contributed by atoms with Crippen LogP contribution < -0.4 is 0 Å². The van der Waals surface area contributed by atoms with Crippen molar-refractivity contribution in [2.45, 2.75) is 25.2 Å². The Morgan fingerprint density at radius 3 is 2.70 bits per heavy atom. The van der Waals surface area contributed by atoms with Gasteiger partial charge in [0.1, 0.15) is 5.15 Å². The first-order chi connectivity index (χ1) is 9.63. The summed E-state index contributed by atoms with van der Waals surface area (Å²) < 4.78 is 0. The van der Waals surface area contributed by atoms with Crippen LogP contribution in [-0.2, 0) is 0 Å². The molecule has 0 spiro atoms. The van der Waals surface area contributed by atoms with E-state index >= 15 is 0 Å². The summed E-state index contributed by atoms with van der Waals surface area (Å²) in [6, 6.07) is 10.8. The van der Waals surface area contributed by atoms with Crippen LogP contribution in [0.2, 0.25) is 5.15 Å². The van der Waals surface area contributed by atoms with Crippen LogP contribution in [0, 0.1) is 10.1 Å². The molecule has 5 heteroatoms. The fourth-order valence-electron chi connectivity index (χ4n) is 2.43. The van der Waals surface area contributed by atoms with Crippen molar-refractivity contribution < 1.29 is 4.92 Å². The monoisotopic (exact) mass is 288 g/mol. The lowest BCUT2D eigenvalue weighted by Crippen LogP contribution is -2.08. The molecule has 1 saturated carbocycles. The molecule has 0 aliphatic heterocycles. The molecule has 0 unspecified atom stereocenters. The van der Waals surface area contributed by atoms with Gasteiger partial charge in [-0.1, -0.05) is 36.2 Å². The zero-order valence-electron chi connectivity index (χ0n) is 10.8. The maximum absolute atomic E-state index is 10.9. The van der Waals surface area contributed by atoms with Crippen molar-refractivity contribution in [1.29, 1.82) is 0 Å². The van der Waals surface area contributed by atoms with Gasteiger partial charge in [-0.25, -0.2) is 4.98 Å². The van der Waals surface area contributed by atoms with E-state index in [-0.39, 0.29) is 10.8 Å². The lowest BCUT2D eigenvalue weighted by Gasteiger charge is -2.26. The fraction of sp³-hybridized carbons (Fsp3) is 0.267. The van der Waals surface area contributed by atoms with Crippen molar-refractivity contribution in [3.63, 3.8) is 0 Å². The second-order valence-electron chi connectivity index (χ2n) is 5.04. The first kappa shape index (κ1) is 13.1. The minimum atomic E-state index is -0.452. The van der Waals surface area contributed by atoms with Gasteiger partial charge in [0, 0.05) is 11.6 Å². The maximum Gasteiger partial charge on any atom is 0.274 e. The lowest BCUT2D eigenvalue weighted by molar-refractivity contribution is -0.384. The predicted molar refractivity (Wildman–Crippen MR) is 77.9 cm³/mol. The van der Waals surface area contributed by atoms with E-state index in [0.29, 0.717) is 11.6 Å². The molecule has 0 N–H and O–H groups in total. The van der Waals surface area contributed by atoms with Gasteiger partial charge in [0.25, 0.3) is 5.69 Å². The van der Waals surface area contributed by atoms with Gasteiger partial charge >= 0.3 is 0 Å². The highest BCUT2D eigenvalue weighted by atomic mass is 35.5. The molecular formula is C15H13ClN2O2. The molecule has 4 nitrogen and oxygen atoms in total. The summed E-state index contributed by atoms with van der Waals surface area (Å²) in [6.45, 7) is 0. The third-order valence-corrected chi connectivity index (χ3v) is 3.94. The second-order valence-corrected chi connectivity index (χ2v) is 5.43. The van der Waals surface area contributed by atoms with Crippen molar-refractivity contribution in [2.24, 2.45) is 0 Å². The summed E-state index contributed by atoms with van der Waals surface area (Å²) in [5.41, 5.74) is 2.66. The fourth-order valence-corrected chi connectivity index (χ4v) is 2.63. The van der Waals surface area contributed by atoms with E-state index in [0.717, 1.165) is 5.56 Å². The Morgan fingerprint density at radius 2 is 2.05 bits per heavy atom. The first-order valence-electron chi connectivity index (χ1n) is 6.56. The summed E-state index contributed by atoms with van der Waals surface area (Å²) in [7, 11) is 0. The number of nitrogens with zero attached hydrogens (tertiary/aromatic N) is 2. The molecule has 20 heavy (non-hydrogen) atoms. The van der Waals surface area contributed by atoms with Gasteiger partial charge in [0.2, 0.25) is 0 Å². The highest BCUT2D eigenvalue weighted by Gasteiger charge is 2.20. The minimum Gasteiger partial charge on any atom is -0.258 e. The van der Waals surface area contributed by atoms with Crippen LogP contribution >= 0.6 is 11.6 Å². The number of rotatable bonds is 3. The molecule has 1 aliphatic rings. The lowest BCUT2D eigenvalue weighted by atomic mass is 9.79. The van der Waals surface area contributed by atoms with Gasteiger partial charge in [-0.2, -0.15) is 0 Å². The Kier molecular flexibility index (Phi) is 3.40. The number of nitro groups is 1. The summed E-state index contributed by atoms with van der Waals surface area (Å²) in [5, 5.41) is 11.0. The van der Waals surface area contributed by atoms with Crippen LogP contribution in [0.5, 0.6) is 0 Å². The number of hydrogen-bond donors (Lipinski definition) is 0. The molecule has 102 valence electrons. The van der Waals surface area contributed by atoms with Crippen LogP contribution in [0.4, 0.5) is 5.69 Å². The SMILES string of the molecule is O=[N+]([O-])c1cc(Cl)nc(-c2cccc(C3CCC3)c2)c1. The van der Waals surface area contributed by atoms with Gasteiger partial charge in [0.15, 0.2) is 0 Å². The Hall–Kier alpha value is -1.94. The highest BCUT2D eigenvalue weighted by molar-refractivity contribution is 6.29. The standard InChI is InChI=1S/C15H13ClN2O2/c16-15-9-13(18(19)20)8-14(17-15)12-6-2-5-11(7-12)10-3-1-4-10/h2,5-10H,1,3-4H2. The van der Waals surface area contributed by atoms with E-state index in [4.69, 9.17) is 11.6 Å². The Bertz CT molecular complexity index is 669. The van der Waals surface area contributed by atoms with Crippen LogP contribution in [0.25, 0.3) is 11.3 Å². The number of pyridine rings is 1. The average molecular weight is 289 g/mol. The zero-order valence-corrected chi connectivity index (χ0v) is 11.5. The highest BCUT2D eigenvalue weighted by Crippen LogP contribution is 2.37. The molecule has 0 amide bonds. The molecule has 1 aromatic carbocycles. The molecule has 1 heterocycles. The van der Waals surface area contributed by atoms with E-state index in [2.05, 4.69) is 17.1 Å². The van der Waals surface area contributed by atoms with Crippen molar-refractivity contribution in [2.75, 3.05) is 0 Å². The molecular weight excluding hydrogens is 276 g/mol. The molecule has 1 fully saturated rings. The molecule has 2 aromatic rings. The molecule has 1 aromatic heterocycles. The number of benzene rings is 1. The quantitative estimate of drug-likeness (QED) is 0.472. The normalized spacial score (nSPS) is 14.8. The van der Waals surface area contributed by atoms with Gasteiger partial charge in [-0.15, -0.1) is 0 Å². The predicted octanol–water partition coefficient (Wildman–Crippen LogP) is 4.58. The summed E-state index contributed by atoms with van der Waals surface area (Å²) >= 11 is 5.87. The molecule has 0 radical (unpaired) electrons. The van der Waals surface area contributed by atoms with Crippen LogP contribution in [0.3, 0.4) is 0 Å². The van der Waals surface area contributed by atoms with Gasteiger partial charge < -0.3 is 0 Å². The van der Waals surface area contributed by atoms with Crippen molar-refractivity contribution in [1.82, 2.24) is 4.98 Å². The van der Waals surface area contributed by atoms with Crippen LogP contribution in [-0.4, -0.2) is 9.91 Å². The average Bonchev–Trinajstić information content (AvgIpc) is 2.36. The summed E-state index contributed by atoms with van der Waals surface area (Å²) in [6.07, 6.45) is 3.70. The Balaban J connectivity index is 2.01. The number of halogens is 1. The number of hydrogen-bond acceptors (Lipinski definition) is 3. The van der Waals surface area contributed by atoms with E-state index in [1.807, 2.05) is 12.1 Å². The smallest absolute Gasteiger partial charge is 0.258 e. The minimum absolute atomic E-state index is 0.0333. The van der Waals surface area contributed by atoms with Gasteiger partial charge in [-0.3, -0.25) is 10.1 Å². The van der Waals surface area contributed by atoms with Crippen LogP contribution in [0.15, 0.2) is 36.4 Å². The second kappa shape index (κ2) is 5.21. The zero-order chi connectivity index (χ0) is 14.1. The van der Waals surface area contributed by atoms with Crippen molar-refractivity contribution in [3.8, 4) is 11.3 Å². The molecule has 3 rings (SSSR count). The van der Waals surface area contributed by atoms with E-state index < -0.39 is 4.92 Å². The Labute approximate surface area is 121 Å². The third-order valence-electron chi connectivity index (χ3n) is 3.75. The molecule has 0 bridgehead atoms. The summed E-state index contributed by atoms with van der Waals surface area (Å²) in [5.74, 6) is 0.615. The van der Waals surface area contributed by atoms with E-state index in [1.54, 1.807) is 0 Å².